The lowest BCUT2D eigenvalue weighted by atomic mass is 9.92. The molecule has 1 N–H and O–H groups in total. The van der Waals surface area contributed by atoms with Crippen LogP contribution in [0.3, 0.4) is 0 Å². The van der Waals surface area contributed by atoms with Crippen LogP contribution in [0.25, 0.3) is 0 Å². The number of fused-ring (bicyclic) bond motifs is 1. The number of amides is 1. The van der Waals surface area contributed by atoms with Crippen LogP contribution >= 0.6 is 0 Å². The maximum atomic E-state index is 13.4. The van der Waals surface area contributed by atoms with Gasteiger partial charge in [-0.25, -0.2) is 4.79 Å². The van der Waals surface area contributed by atoms with Crippen molar-refractivity contribution in [3.63, 3.8) is 0 Å². The number of methoxy groups -OCH3 is 1. The lowest BCUT2D eigenvalue weighted by molar-refractivity contribution is -0.138. The minimum atomic E-state index is -4.80. The molecule has 2 aromatic carbocycles. The van der Waals surface area contributed by atoms with Crippen molar-refractivity contribution in [2.24, 2.45) is 0 Å². The third kappa shape index (κ3) is 2.87. The van der Waals surface area contributed by atoms with Gasteiger partial charge in [-0.3, -0.25) is 4.79 Å². The van der Waals surface area contributed by atoms with Gasteiger partial charge in [-0.1, -0.05) is 30.3 Å². The molecule has 0 aromatic heterocycles. The third-order valence-corrected chi connectivity index (χ3v) is 4.15. The maximum absolute atomic E-state index is 13.4. The first-order valence-corrected chi connectivity index (χ1v) is 7.56. The Labute approximate surface area is 146 Å². The van der Waals surface area contributed by atoms with E-state index in [-0.39, 0.29) is 11.4 Å². The van der Waals surface area contributed by atoms with Crippen molar-refractivity contribution in [1.29, 1.82) is 0 Å². The molecule has 8 heteroatoms. The zero-order valence-electron chi connectivity index (χ0n) is 13.8. The van der Waals surface area contributed by atoms with Crippen molar-refractivity contribution >= 4 is 17.6 Å². The van der Waals surface area contributed by atoms with Crippen molar-refractivity contribution in [2.75, 3.05) is 12.4 Å². The number of halogens is 3. The second-order valence-corrected chi connectivity index (χ2v) is 5.84. The maximum Gasteiger partial charge on any atom is 0.417 e. The zero-order chi connectivity index (χ0) is 19.1. The molecule has 0 radical (unpaired) electrons. The number of carbonyl (C=O) groups excluding carboxylic acids is 2. The summed E-state index contributed by atoms with van der Waals surface area (Å²) in [5.74, 6) is -1.91. The Morgan fingerprint density at radius 3 is 2.42 bits per heavy atom. The van der Waals surface area contributed by atoms with Crippen LogP contribution in [-0.4, -0.2) is 19.0 Å². The van der Waals surface area contributed by atoms with Gasteiger partial charge in [-0.2, -0.15) is 13.2 Å². The van der Waals surface area contributed by atoms with Crippen LogP contribution in [0, 0.1) is 0 Å². The zero-order valence-corrected chi connectivity index (χ0v) is 13.8. The first-order chi connectivity index (χ1) is 12.2. The van der Waals surface area contributed by atoms with Crippen LogP contribution in [0.5, 0.6) is 5.75 Å². The van der Waals surface area contributed by atoms with Gasteiger partial charge in [-0.05, 0) is 19.1 Å². The molecule has 1 amide bonds. The molecule has 1 unspecified atom stereocenters. The third-order valence-electron chi connectivity index (χ3n) is 4.15. The standard InChI is InChI=1S/C18H14F3NO4/c1-17(10-6-4-3-5-7-10)16(24)22-13-8-11(15(23)25-2)12(18(19,20)21)9-14(13)26-17/h3-9H,1-2H3,(H,22,24). The van der Waals surface area contributed by atoms with Crippen LogP contribution in [-0.2, 0) is 21.3 Å². The molecule has 26 heavy (non-hydrogen) atoms. The first-order valence-electron chi connectivity index (χ1n) is 7.56. The normalized spacial score (nSPS) is 19.2. The number of carbonyl (C=O) groups is 2. The average molecular weight is 365 g/mol. The molecule has 1 aliphatic heterocycles. The lowest BCUT2D eigenvalue weighted by Crippen LogP contribution is -2.46. The van der Waals surface area contributed by atoms with Gasteiger partial charge in [0, 0.05) is 5.56 Å². The summed E-state index contributed by atoms with van der Waals surface area (Å²) in [4.78, 5) is 24.3. The highest BCUT2D eigenvalue weighted by Gasteiger charge is 2.44. The Balaban J connectivity index is 2.14. The van der Waals surface area contributed by atoms with E-state index in [1.54, 1.807) is 30.3 Å². The summed E-state index contributed by atoms with van der Waals surface area (Å²) in [7, 11) is 0.976. The van der Waals surface area contributed by atoms with Crippen molar-refractivity contribution < 1.29 is 32.2 Å². The van der Waals surface area contributed by atoms with Crippen molar-refractivity contribution in [2.45, 2.75) is 18.7 Å². The molecular formula is C18H14F3NO4. The van der Waals surface area contributed by atoms with E-state index >= 15 is 0 Å². The summed E-state index contributed by atoms with van der Waals surface area (Å²) in [5.41, 5.74) is -2.96. The molecule has 5 nitrogen and oxygen atoms in total. The minimum absolute atomic E-state index is 0.0307. The lowest BCUT2D eigenvalue weighted by Gasteiger charge is -2.35. The monoisotopic (exact) mass is 365 g/mol. The fourth-order valence-corrected chi connectivity index (χ4v) is 2.73. The number of anilines is 1. The van der Waals surface area contributed by atoms with Crippen LogP contribution in [0.1, 0.15) is 28.4 Å². The van der Waals surface area contributed by atoms with Crippen LogP contribution < -0.4 is 10.1 Å². The molecule has 3 rings (SSSR count). The largest absolute Gasteiger partial charge is 0.471 e. The number of rotatable bonds is 2. The molecule has 2 aromatic rings. The average Bonchev–Trinajstić information content (AvgIpc) is 2.61. The van der Waals surface area contributed by atoms with Crippen molar-refractivity contribution in [3.8, 4) is 5.75 Å². The van der Waals surface area contributed by atoms with Crippen LogP contribution in [0.4, 0.5) is 18.9 Å². The second-order valence-electron chi connectivity index (χ2n) is 5.84. The first kappa shape index (κ1) is 17.8. The Morgan fingerprint density at radius 1 is 1.19 bits per heavy atom. The highest BCUT2D eigenvalue weighted by molar-refractivity contribution is 6.03. The summed E-state index contributed by atoms with van der Waals surface area (Å²) < 4.78 is 50.1. The second kappa shape index (κ2) is 6.05. The summed E-state index contributed by atoms with van der Waals surface area (Å²) in [5, 5.41) is 2.51. The molecule has 1 atom stereocenters. The van der Waals surface area contributed by atoms with E-state index in [2.05, 4.69) is 10.1 Å². The van der Waals surface area contributed by atoms with E-state index in [0.29, 0.717) is 11.6 Å². The smallest absolute Gasteiger partial charge is 0.417 e. The number of ether oxygens (including phenoxy) is 2. The molecule has 0 aliphatic carbocycles. The number of alkyl halides is 3. The number of esters is 1. The van der Waals surface area contributed by atoms with Gasteiger partial charge < -0.3 is 14.8 Å². The van der Waals surface area contributed by atoms with Gasteiger partial charge in [0.1, 0.15) is 5.75 Å². The van der Waals surface area contributed by atoms with E-state index in [1.807, 2.05) is 0 Å². The highest BCUT2D eigenvalue weighted by Crippen LogP contribution is 2.43. The van der Waals surface area contributed by atoms with E-state index in [4.69, 9.17) is 4.74 Å². The fourth-order valence-electron chi connectivity index (χ4n) is 2.73. The van der Waals surface area contributed by atoms with Gasteiger partial charge in [0.15, 0.2) is 0 Å². The topological polar surface area (TPSA) is 64.6 Å². The van der Waals surface area contributed by atoms with Gasteiger partial charge in [0.25, 0.3) is 5.91 Å². The van der Waals surface area contributed by atoms with Crippen LogP contribution in [0.2, 0.25) is 0 Å². The fraction of sp³-hybridized carbons (Fsp3) is 0.222. The molecule has 1 aliphatic rings. The molecule has 0 fully saturated rings. The molecule has 0 saturated heterocycles. The van der Waals surface area contributed by atoms with Gasteiger partial charge in [-0.15, -0.1) is 0 Å². The Hall–Kier alpha value is -3.03. The van der Waals surface area contributed by atoms with Gasteiger partial charge in [0.05, 0.1) is 23.9 Å². The molecular weight excluding hydrogens is 351 g/mol. The number of hydrogen-bond acceptors (Lipinski definition) is 4. The Kier molecular flexibility index (Phi) is 4.14. The highest BCUT2D eigenvalue weighted by atomic mass is 19.4. The molecule has 136 valence electrons. The molecule has 0 saturated carbocycles. The number of nitrogens with one attached hydrogen (secondary N) is 1. The van der Waals surface area contributed by atoms with Gasteiger partial charge in [0.2, 0.25) is 5.60 Å². The molecule has 0 spiro atoms. The summed E-state index contributed by atoms with van der Waals surface area (Å²) in [6, 6.07) is 10.00. The van der Waals surface area contributed by atoms with E-state index in [1.165, 1.54) is 6.92 Å². The van der Waals surface area contributed by atoms with Crippen molar-refractivity contribution in [3.05, 3.63) is 59.2 Å². The van der Waals surface area contributed by atoms with E-state index < -0.39 is 34.8 Å². The quantitative estimate of drug-likeness (QED) is 0.824. The van der Waals surface area contributed by atoms with E-state index in [9.17, 15) is 22.8 Å². The minimum Gasteiger partial charge on any atom is -0.471 e. The van der Waals surface area contributed by atoms with E-state index in [0.717, 1.165) is 13.2 Å². The van der Waals surface area contributed by atoms with Gasteiger partial charge >= 0.3 is 12.1 Å². The molecule has 1 heterocycles. The predicted octanol–water partition coefficient (Wildman–Crippen LogP) is 3.74. The predicted molar refractivity (Wildman–Crippen MR) is 85.8 cm³/mol. The summed E-state index contributed by atoms with van der Waals surface area (Å²) in [6.07, 6.45) is -4.80. The van der Waals surface area contributed by atoms with Crippen molar-refractivity contribution in [1.82, 2.24) is 0 Å². The number of benzene rings is 2. The Morgan fingerprint density at radius 2 is 1.85 bits per heavy atom. The summed E-state index contributed by atoms with van der Waals surface area (Å²) in [6.45, 7) is 1.46. The SMILES string of the molecule is COC(=O)c1cc2c(cc1C(F)(F)F)OC(C)(c1ccccc1)C(=O)N2. The summed E-state index contributed by atoms with van der Waals surface area (Å²) >= 11 is 0. The number of hydrogen-bond donors (Lipinski definition) is 1. The Bertz CT molecular complexity index is 880. The van der Waals surface area contributed by atoms with Crippen LogP contribution in [0.15, 0.2) is 42.5 Å². The molecule has 0 bridgehead atoms.